The van der Waals surface area contributed by atoms with Crippen molar-refractivity contribution < 1.29 is 9.18 Å². The molecule has 4 heteroatoms. The third kappa shape index (κ3) is 3.39. The number of β-lactam (4-membered cyclic amide) rings is 1. The van der Waals surface area contributed by atoms with E-state index in [-0.39, 0.29) is 23.7 Å². The van der Waals surface area contributed by atoms with Crippen LogP contribution in [0.15, 0.2) is 30.3 Å². The molecule has 0 aromatic heterocycles. The highest BCUT2D eigenvalue weighted by atomic mass is 31.0. The van der Waals surface area contributed by atoms with Gasteiger partial charge in [0.2, 0.25) is 5.91 Å². The zero-order valence-electron chi connectivity index (χ0n) is 17.1. The number of aryl methyl sites for hydroxylation is 2. The summed E-state index contributed by atoms with van der Waals surface area (Å²) in [5, 5.41) is 0.860. The van der Waals surface area contributed by atoms with Gasteiger partial charge in [-0.3, -0.25) is 4.79 Å². The monoisotopic (exact) mass is 397 g/mol. The molecular formula is C24H29FNOP. The molecular weight excluding hydrogens is 368 g/mol. The van der Waals surface area contributed by atoms with Crippen molar-refractivity contribution in [2.24, 2.45) is 17.8 Å². The van der Waals surface area contributed by atoms with Crippen LogP contribution in [0.3, 0.4) is 0 Å². The Kier molecular flexibility index (Phi) is 5.08. The number of anilines is 1. The van der Waals surface area contributed by atoms with Gasteiger partial charge >= 0.3 is 0 Å². The highest BCUT2D eigenvalue weighted by Gasteiger charge is 2.56. The molecule has 148 valence electrons. The number of benzene rings is 2. The van der Waals surface area contributed by atoms with Crippen molar-refractivity contribution in [3.8, 4) is 0 Å². The van der Waals surface area contributed by atoms with Crippen molar-refractivity contribution >= 4 is 26.1 Å². The summed E-state index contributed by atoms with van der Waals surface area (Å²) in [4.78, 5) is 14.9. The Morgan fingerprint density at radius 3 is 2.46 bits per heavy atom. The third-order valence-electron chi connectivity index (χ3n) is 6.10. The number of rotatable bonds is 5. The molecule has 3 atom stereocenters. The van der Waals surface area contributed by atoms with E-state index < -0.39 is 0 Å². The largest absolute Gasteiger partial charge is 0.304 e. The summed E-state index contributed by atoms with van der Waals surface area (Å²) >= 11 is 0. The van der Waals surface area contributed by atoms with E-state index in [0.717, 1.165) is 35.8 Å². The quantitative estimate of drug-likeness (QED) is 0.498. The zero-order chi connectivity index (χ0) is 20.2. The molecule has 3 unspecified atom stereocenters. The molecule has 1 aliphatic carbocycles. The van der Waals surface area contributed by atoms with Gasteiger partial charge in [-0.15, -0.1) is 9.24 Å². The molecule has 1 aliphatic heterocycles. The molecule has 28 heavy (non-hydrogen) atoms. The van der Waals surface area contributed by atoms with Crippen molar-refractivity contribution in [3.63, 3.8) is 0 Å². The van der Waals surface area contributed by atoms with Crippen molar-refractivity contribution in [1.29, 1.82) is 0 Å². The Balaban J connectivity index is 1.74. The molecule has 2 aliphatic rings. The lowest BCUT2D eigenvalue weighted by Crippen LogP contribution is -2.57. The van der Waals surface area contributed by atoms with E-state index in [1.807, 2.05) is 24.0 Å². The molecule has 0 bridgehead atoms. The molecule has 2 fully saturated rings. The predicted molar refractivity (Wildman–Crippen MR) is 117 cm³/mol. The van der Waals surface area contributed by atoms with Crippen LogP contribution in [0.1, 0.15) is 55.0 Å². The Labute approximate surface area is 169 Å². The maximum absolute atomic E-state index is 15.0. The predicted octanol–water partition coefficient (Wildman–Crippen LogP) is 5.26. The second-order valence-corrected chi connectivity index (χ2v) is 9.60. The molecule has 0 radical (unpaired) electrons. The second-order valence-electron chi connectivity index (χ2n) is 8.97. The van der Waals surface area contributed by atoms with Gasteiger partial charge in [0.05, 0.1) is 12.0 Å². The van der Waals surface area contributed by atoms with E-state index in [0.29, 0.717) is 17.4 Å². The first-order valence-electron chi connectivity index (χ1n) is 10.3. The Hall–Kier alpha value is -1.73. The molecule has 4 rings (SSSR count). The summed E-state index contributed by atoms with van der Waals surface area (Å²) in [6.07, 6.45) is 3.18. The summed E-state index contributed by atoms with van der Waals surface area (Å²) in [5.74, 6) is 0.843. The van der Waals surface area contributed by atoms with Crippen molar-refractivity contribution in [1.82, 2.24) is 0 Å². The average Bonchev–Trinajstić information content (AvgIpc) is 3.40. The summed E-state index contributed by atoms with van der Waals surface area (Å²) in [6, 6.07) is 9.64. The number of hydrogen-bond acceptors (Lipinski definition) is 1. The van der Waals surface area contributed by atoms with Gasteiger partial charge in [-0.1, -0.05) is 26.0 Å². The molecule has 1 saturated carbocycles. The summed E-state index contributed by atoms with van der Waals surface area (Å²) in [6.45, 7) is 8.43. The number of carbonyl (C=O) groups excluding carboxylic acids is 1. The fourth-order valence-electron chi connectivity index (χ4n) is 4.61. The standard InChI is InChI=1S/C24H29FNOP/c1-13(2)9-17-7-8-18(12-15(17)4)26-23(21(24(26)27)16-5-6-16)22-19(25)10-14(3)11-20(22)28/h7-8,10-13,16,21,23H,5-6,9,28H2,1-4H3. The van der Waals surface area contributed by atoms with E-state index in [9.17, 15) is 9.18 Å². The van der Waals surface area contributed by atoms with Gasteiger partial charge in [-0.05, 0) is 85.1 Å². The van der Waals surface area contributed by atoms with Gasteiger partial charge in [-0.2, -0.15) is 0 Å². The lowest BCUT2D eigenvalue weighted by Gasteiger charge is -2.48. The summed E-state index contributed by atoms with van der Waals surface area (Å²) < 4.78 is 15.0. The van der Waals surface area contributed by atoms with Gasteiger partial charge in [0.1, 0.15) is 5.82 Å². The van der Waals surface area contributed by atoms with Gasteiger partial charge < -0.3 is 4.90 Å². The maximum Gasteiger partial charge on any atom is 0.233 e. The van der Waals surface area contributed by atoms with Crippen LogP contribution < -0.4 is 10.2 Å². The van der Waals surface area contributed by atoms with Crippen LogP contribution in [-0.4, -0.2) is 5.91 Å². The topological polar surface area (TPSA) is 20.3 Å². The van der Waals surface area contributed by atoms with Crippen LogP contribution >= 0.6 is 9.24 Å². The zero-order valence-corrected chi connectivity index (χ0v) is 18.3. The van der Waals surface area contributed by atoms with Crippen LogP contribution in [0, 0.1) is 37.4 Å². The Morgan fingerprint density at radius 1 is 1.18 bits per heavy atom. The van der Waals surface area contributed by atoms with Crippen LogP contribution in [0.25, 0.3) is 0 Å². The van der Waals surface area contributed by atoms with E-state index in [1.165, 1.54) is 11.1 Å². The van der Waals surface area contributed by atoms with Gasteiger partial charge in [0.15, 0.2) is 0 Å². The smallest absolute Gasteiger partial charge is 0.233 e. The highest BCUT2D eigenvalue weighted by Crippen LogP contribution is 2.54. The van der Waals surface area contributed by atoms with E-state index >= 15 is 0 Å². The molecule has 2 aromatic carbocycles. The van der Waals surface area contributed by atoms with Crippen LogP contribution in [0.5, 0.6) is 0 Å². The van der Waals surface area contributed by atoms with Crippen molar-refractivity contribution in [2.75, 3.05) is 4.90 Å². The summed E-state index contributed by atoms with van der Waals surface area (Å²) in [5.41, 5.74) is 4.97. The SMILES string of the molecule is Cc1cc(F)c(C2C(C3CC3)C(=O)N2c2ccc(CC(C)C)c(C)c2)c(P)c1. The van der Waals surface area contributed by atoms with Gasteiger partial charge in [-0.25, -0.2) is 4.39 Å². The highest BCUT2D eigenvalue weighted by molar-refractivity contribution is 7.27. The molecule has 2 aromatic rings. The minimum absolute atomic E-state index is 0.0906. The molecule has 1 amide bonds. The van der Waals surface area contributed by atoms with Gasteiger partial charge in [0, 0.05) is 11.3 Å². The molecule has 0 spiro atoms. The maximum atomic E-state index is 15.0. The first kappa shape index (κ1) is 19.6. The lowest BCUT2D eigenvalue weighted by molar-refractivity contribution is -0.131. The number of hydrogen-bond donors (Lipinski definition) is 0. The molecule has 1 heterocycles. The second kappa shape index (κ2) is 7.26. The van der Waals surface area contributed by atoms with E-state index in [4.69, 9.17) is 0 Å². The Bertz CT molecular complexity index is 911. The molecule has 0 N–H and O–H groups in total. The van der Waals surface area contributed by atoms with Crippen LogP contribution in [0.2, 0.25) is 0 Å². The molecule has 2 nitrogen and oxygen atoms in total. The number of amides is 1. The average molecular weight is 397 g/mol. The van der Waals surface area contributed by atoms with Crippen molar-refractivity contribution in [3.05, 3.63) is 58.4 Å². The fraction of sp³-hybridized carbons (Fsp3) is 0.458. The van der Waals surface area contributed by atoms with E-state index in [2.05, 4.69) is 42.1 Å². The van der Waals surface area contributed by atoms with Crippen LogP contribution in [-0.2, 0) is 11.2 Å². The lowest BCUT2D eigenvalue weighted by atomic mass is 9.78. The minimum Gasteiger partial charge on any atom is -0.304 e. The third-order valence-corrected chi connectivity index (χ3v) is 6.58. The van der Waals surface area contributed by atoms with E-state index in [1.54, 1.807) is 6.07 Å². The first-order valence-corrected chi connectivity index (χ1v) is 10.8. The van der Waals surface area contributed by atoms with Gasteiger partial charge in [0.25, 0.3) is 0 Å². The molecule has 1 saturated heterocycles. The van der Waals surface area contributed by atoms with Crippen LogP contribution in [0.4, 0.5) is 10.1 Å². The normalized spacial score (nSPS) is 22.0. The minimum atomic E-state index is -0.205. The number of halogens is 1. The summed E-state index contributed by atoms with van der Waals surface area (Å²) in [7, 11) is 2.68. The number of carbonyl (C=O) groups is 1. The Morgan fingerprint density at radius 2 is 1.89 bits per heavy atom. The fourth-order valence-corrected chi connectivity index (χ4v) is 5.19. The first-order chi connectivity index (χ1) is 13.3. The van der Waals surface area contributed by atoms with Crippen molar-refractivity contribution in [2.45, 2.75) is 53.0 Å². The number of nitrogens with zero attached hydrogens (tertiary/aromatic N) is 1.